The molecule has 2 saturated heterocycles. The number of benzene rings is 1. The van der Waals surface area contributed by atoms with Crippen LogP contribution in [-0.4, -0.2) is 53.2 Å². The number of carbonyl (C=O) groups is 2. The molecule has 3 N–H and O–H groups in total. The van der Waals surface area contributed by atoms with Gasteiger partial charge in [-0.2, -0.15) is 11.8 Å². The van der Waals surface area contributed by atoms with Gasteiger partial charge >= 0.3 is 6.03 Å². The van der Waals surface area contributed by atoms with E-state index in [4.69, 9.17) is 4.74 Å². The Balaban J connectivity index is 1.07. The maximum Gasteiger partial charge on any atom is 0.315 e. The van der Waals surface area contributed by atoms with Crippen LogP contribution in [0, 0.1) is 0 Å². The minimum Gasteiger partial charge on any atom is -0.491 e. The van der Waals surface area contributed by atoms with Crippen LogP contribution in [0.5, 0.6) is 5.75 Å². The number of nitrogens with one attached hydrogen (secondary N) is 3. The molecule has 2 aromatic rings. The zero-order chi connectivity index (χ0) is 20.8. The molecular weight excluding hydrogens is 400 g/mol. The molecule has 3 heterocycles. The monoisotopic (exact) mass is 428 g/mol. The van der Waals surface area contributed by atoms with Crippen molar-refractivity contribution in [3.8, 4) is 5.75 Å². The highest BCUT2D eigenvalue weighted by Gasteiger charge is 2.42. The Hall–Kier alpha value is -2.48. The van der Waals surface area contributed by atoms with Gasteiger partial charge in [-0.3, -0.25) is 9.78 Å². The summed E-state index contributed by atoms with van der Waals surface area (Å²) < 4.78 is 5.85. The lowest BCUT2D eigenvalue weighted by molar-refractivity contribution is -0.121. The molecule has 7 nitrogen and oxygen atoms in total. The van der Waals surface area contributed by atoms with E-state index in [1.807, 2.05) is 42.1 Å². The van der Waals surface area contributed by atoms with E-state index in [0.29, 0.717) is 24.8 Å². The molecule has 2 aliphatic heterocycles. The predicted molar refractivity (Wildman–Crippen MR) is 119 cm³/mol. The molecule has 0 saturated carbocycles. The number of carbonyl (C=O) groups excluding carboxylic acids is 2. The molecule has 160 valence electrons. The van der Waals surface area contributed by atoms with Crippen LogP contribution < -0.4 is 20.7 Å². The largest absolute Gasteiger partial charge is 0.491 e. The van der Waals surface area contributed by atoms with E-state index in [9.17, 15) is 9.59 Å². The highest BCUT2D eigenvalue weighted by atomic mass is 32.2. The molecular formula is C22H28N4O3S. The number of fused-ring (bicyclic) bond motifs is 2. The summed E-state index contributed by atoms with van der Waals surface area (Å²) in [5.74, 6) is 1.85. The first-order chi connectivity index (χ1) is 14.7. The molecule has 3 amide bonds. The van der Waals surface area contributed by atoms with Crippen LogP contribution in [0.4, 0.5) is 4.79 Å². The van der Waals surface area contributed by atoms with Crippen molar-refractivity contribution in [2.24, 2.45) is 0 Å². The van der Waals surface area contributed by atoms with Crippen molar-refractivity contribution in [1.82, 2.24) is 20.9 Å². The normalized spacial score (nSPS) is 22.4. The minimum atomic E-state index is -0.0460. The molecule has 4 rings (SSSR count). The number of unbranched alkanes of at least 4 members (excludes halogenated alkanes) is 1. The third-order valence-corrected chi connectivity index (χ3v) is 7.09. The molecule has 1 aromatic carbocycles. The van der Waals surface area contributed by atoms with E-state index < -0.39 is 0 Å². The average molecular weight is 429 g/mol. The van der Waals surface area contributed by atoms with Gasteiger partial charge in [0.1, 0.15) is 11.3 Å². The van der Waals surface area contributed by atoms with Crippen molar-refractivity contribution in [2.45, 2.75) is 49.4 Å². The summed E-state index contributed by atoms with van der Waals surface area (Å²) in [6.45, 7) is 1.15. The number of ether oxygens (including phenoxy) is 1. The molecule has 30 heavy (non-hydrogen) atoms. The van der Waals surface area contributed by atoms with Crippen molar-refractivity contribution in [2.75, 3.05) is 18.9 Å². The van der Waals surface area contributed by atoms with Crippen LogP contribution in [0.1, 0.15) is 32.1 Å². The second-order valence-corrected chi connectivity index (χ2v) is 9.02. The van der Waals surface area contributed by atoms with Crippen LogP contribution in [-0.2, 0) is 4.79 Å². The summed E-state index contributed by atoms with van der Waals surface area (Å²) >= 11 is 1.92. The van der Waals surface area contributed by atoms with Gasteiger partial charge in [0.05, 0.1) is 18.7 Å². The highest BCUT2D eigenvalue weighted by molar-refractivity contribution is 8.00. The van der Waals surface area contributed by atoms with Gasteiger partial charge in [-0.1, -0.05) is 24.6 Å². The first-order valence-corrected chi connectivity index (χ1v) is 11.7. The number of rotatable bonds is 10. The summed E-state index contributed by atoms with van der Waals surface area (Å²) in [5, 5.41) is 10.5. The Morgan fingerprint density at radius 2 is 2.10 bits per heavy atom. The van der Waals surface area contributed by atoms with E-state index in [2.05, 4.69) is 20.9 Å². The van der Waals surface area contributed by atoms with Crippen molar-refractivity contribution < 1.29 is 14.3 Å². The molecule has 0 bridgehead atoms. The minimum absolute atomic E-state index is 0.0460. The number of pyridine rings is 1. The highest BCUT2D eigenvalue weighted by Crippen LogP contribution is 2.33. The zero-order valence-corrected chi connectivity index (χ0v) is 17.7. The maximum absolute atomic E-state index is 12.0. The Kier molecular flexibility index (Phi) is 6.94. The fraction of sp³-hybridized carbons (Fsp3) is 0.500. The van der Waals surface area contributed by atoms with E-state index in [1.165, 1.54) is 0 Å². The van der Waals surface area contributed by atoms with Gasteiger partial charge < -0.3 is 20.7 Å². The molecule has 0 spiro atoms. The number of hydrogen-bond acceptors (Lipinski definition) is 5. The van der Waals surface area contributed by atoms with Crippen molar-refractivity contribution in [3.05, 3.63) is 36.5 Å². The third kappa shape index (κ3) is 5.16. The molecule has 2 aliphatic rings. The Labute approximate surface area is 180 Å². The van der Waals surface area contributed by atoms with E-state index in [0.717, 1.165) is 48.1 Å². The summed E-state index contributed by atoms with van der Waals surface area (Å²) in [7, 11) is 0. The topological polar surface area (TPSA) is 92.4 Å². The fourth-order valence-electron chi connectivity index (χ4n) is 4.04. The average Bonchev–Trinajstić information content (AvgIpc) is 3.30. The quantitative estimate of drug-likeness (QED) is 0.400. The van der Waals surface area contributed by atoms with E-state index in [1.54, 1.807) is 6.20 Å². The van der Waals surface area contributed by atoms with Gasteiger partial charge in [-0.05, 0) is 31.4 Å². The summed E-state index contributed by atoms with van der Waals surface area (Å²) in [5.41, 5.74) is 0.865. The Bertz CT molecular complexity index is 888. The molecule has 1 aromatic heterocycles. The van der Waals surface area contributed by atoms with Crippen LogP contribution in [0.2, 0.25) is 0 Å². The summed E-state index contributed by atoms with van der Waals surface area (Å²) in [4.78, 5) is 27.8. The van der Waals surface area contributed by atoms with Crippen LogP contribution >= 0.6 is 11.8 Å². The molecule has 0 unspecified atom stereocenters. The molecule has 0 aliphatic carbocycles. The second kappa shape index (κ2) is 10.0. The molecule has 0 radical (unpaired) electrons. The van der Waals surface area contributed by atoms with Crippen LogP contribution in [0.15, 0.2) is 36.5 Å². The van der Waals surface area contributed by atoms with E-state index in [-0.39, 0.29) is 24.0 Å². The van der Waals surface area contributed by atoms with Gasteiger partial charge in [0.2, 0.25) is 5.91 Å². The van der Waals surface area contributed by atoms with Gasteiger partial charge in [-0.25, -0.2) is 4.79 Å². The number of para-hydroxylation sites is 1. The Morgan fingerprint density at radius 3 is 3.03 bits per heavy atom. The molecule has 3 atom stereocenters. The number of hydrogen-bond donors (Lipinski definition) is 3. The van der Waals surface area contributed by atoms with Crippen molar-refractivity contribution in [3.63, 3.8) is 0 Å². The van der Waals surface area contributed by atoms with Gasteiger partial charge in [0.25, 0.3) is 0 Å². The van der Waals surface area contributed by atoms with Crippen LogP contribution in [0.3, 0.4) is 0 Å². The van der Waals surface area contributed by atoms with Gasteiger partial charge in [0, 0.05) is 35.6 Å². The molecule has 8 heteroatoms. The van der Waals surface area contributed by atoms with Crippen LogP contribution in [0.25, 0.3) is 10.9 Å². The first kappa shape index (κ1) is 20.8. The third-order valence-electron chi connectivity index (χ3n) is 5.58. The Morgan fingerprint density at radius 1 is 1.20 bits per heavy atom. The SMILES string of the molecule is O=C(CCCC[C@@H]1SC[C@@H]2NC(=O)N[C@@H]21)NCCCOc1cccc2cccnc12. The lowest BCUT2D eigenvalue weighted by Crippen LogP contribution is -2.36. The van der Waals surface area contributed by atoms with Crippen molar-refractivity contribution >= 4 is 34.6 Å². The number of nitrogens with zero attached hydrogens (tertiary/aromatic N) is 1. The summed E-state index contributed by atoms with van der Waals surface area (Å²) in [6, 6.07) is 10.3. The smallest absolute Gasteiger partial charge is 0.315 e. The maximum atomic E-state index is 12.0. The second-order valence-electron chi connectivity index (χ2n) is 7.75. The lowest BCUT2D eigenvalue weighted by atomic mass is 10.0. The lowest BCUT2D eigenvalue weighted by Gasteiger charge is -2.16. The number of urea groups is 1. The number of thioether (sulfide) groups is 1. The fourth-order valence-corrected chi connectivity index (χ4v) is 5.58. The van der Waals surface area contributed by atoms with E-state index >= 15 is 0 Å². The molecule has 2 fully saturated rings. The summed E-state index contributed by atoms with van der Waals surface area (Å²) in [6.07, 6.45) is 5.97. The number of aromatic nitrogens is 1. The van der Waals surface area contributed by atoms with Gasteiger partial charge in [-0.15, -0.1) is 0 Å². The van der Waals surface area contributed by atoms with Crippen molar-refractivity contribution in [1.29, 1.82) is 0 Å². The standard InChI is InChI=1S/C22H28N4O3S/c27-19(10-2-1-9-18-21-16(14-30-18)25-22(28)26-21)23-12-5-13-29-17-8-3-6-15-7-4-11-24-20(15)17/h3-4,6-8,11,16,18,21H,1-2,5,9-10,12-14H2,(H,23,27)(H2,25,26,28)/t16-,18-,21-/m0/s1. The number of amides is 3. The first-order valence-electron chi connectivity index (χ1n) is 10.6. The zero-order valence-electron chi connectivity index (χ0n) is 16.9. The predicted octanol–water partition coefficient (Wildman–Crippen LogP) is 2.85. The van der Waals surface area contributed by atoms with Gasteiger partial charge in [0.15, 0.2) is 0 Å².